The number of non-ortho nitro benzene ring substituents is 1. The number of nitro groups is 1. The number of urea groups is 1. The molecule has 0 fully saturated rings. The van der Waals surface area contributed by atoms with Crippen molar-refractivity contribution in [3.63, 3.8) is 0 Å². The molecule has 8 nitrogen and oxygen atoms in total. The maximum absolute atomic E-state index is 12.5. The van der Waals surface area contributed by atoms with Crippen molar-refractivity contribution in [2.24, 2.45) is 0 Å². The number of carbonyl (C=O) groups excluding carboxylic acids is 2. The Labute approximate surface area is 154 Å². The predicted octanol–water partition coefficient (Wildman–Crippen LogP) is 3.21. The topological polar surface area (TPSA) is 111 Å². The summed E-state index contributed by atoms with van der Waals surface area (Å²) >= 11 is 6.02. The lowest BCUT2D eigenvalue weighted by Crippen LogP contribution is -2.42. The van der Waals surface area contributed by atoms with Crippen molar-refractivity contribution >= 4 is 29.2 Å². The summed E-state index contributed by atoms with van der Waals surface area (Å²) in [7, 11) is 0. The van der Waals surface area contributed by atoms with Gasteiger partial charge >= 0.3 is 6.03 Å². The van der Waals surface area contributed by atoms with Gasteiger partial charge in [-0.15, -0.1) is 0 Å². The number of nitrogens with one attached hydrogen (secondary N) is 2. The van der Waals surface area contributed by atoms with E-state index < -0.39 is 23.0 Å². The molecule has 0 unspecified atom stereocenters. The third-order valence-corrected chi connectivity index (χ3v) is 3.58. The predicted molar refractivity (Wildman–Crippen MR) is 95.1 cm³/mol. The van der Waals surface area contributed by atoms with Gasteiger partial charge in [0.05, 0.1) is 9.95 Å². The van der Waals surface area contributed by atoms with Gasteiger partial charge < -0.3 is 10.1 Å². The van der Waals surface area contributed by atoms with Crippen molar-refractivity contribution < 1.29 is 19.2 Å². The number of hydrogen-bond donors (Lipinski definition) is 2. The highest BCUT2D eigenvalue weighted by atomic mass is 35.5. The summed E-state index contributed by atoms with van der Waals surface area (Å²) in [4.78, 5) is 34.3. The Hall–Kier alpha value is -3.13. The van der Waals surface area contributed by atoms with Crippen LogP contribution in [0.4, 0.5) is 10.5 Å². The van der Waals surface area contributed by atoms with Crippen LogP contribution in [0.5, 0.6) is 5.75 Å². The second-order valence-corrected chi connectivity index (χ2v) is 5.54. The molecule has 26 heavy (non-hydrogen) atoms. The third-order valence-electron chi connectivity index (χ3n) is 3.29. The first-order valence-electron chi connectivity index (χ1n) is 7.66. The van der Waals surface area contributed by atoms with E-state index in [0.29, 0.717) is 12.1 Å². The molecule has 0 aliphatic carbocycles. The first-order valence-corrected chi connectivity index (χ1v) is 8.04. The summed E-state index contributed by atoms with van der Waals surface area (Å²) < 4.78 is 5.66. The van der Waals surface area contributed by atoms with Gasteiger partial charge in [-0.2, -0.15) is 0 Å². The van der Waals surface area contributed by atoms with Gasteiger partial charge in [0, 0.05) is 24.2 Å². The molecule has 136 valence electrons. The Balaban J connectivity index is 2.29. The number of nitrogens with zero attached hydrogens (tertiary/aromatic N) is 1. The first-order chi connectivity index (χ1) is 12.4. The number of amides is 3. The lowest BCUT2D eigenvalue weighted by Gasteiger charge is -2.19. The summed E-state index contributed by atoms with van der Waals surface area (Å²) in [6.45, 7) is 2.07. The Bertz CT molecular complexity index is 813. The molecular weight excluding hydrogens is 362 g/mol. The van der Waals surface area contributed by atoms with Gasteiger partial charge in [-0.05, 0) is 13.0 Å². The quantitative estimate of drug-likeness (QED) is 0.593. The molecule has 0 saturated heterocycles. The number of ether oxygens (including phenoxy) is 1. The molecule has 2 N–H and O–H groups in total. The normalized spacial score (nSPS) is 11.3. The monoisotopic (exact) mass is 377 g/mol. The van der Waals surface area contributed by atoms with E-state index in [1.807, 2.05) is 0 Å². The van der Waals surface area contributed by atoms with Gasteiger partial charge in [0.2, 0.25) is 6.10 Å². The molecule has 0 aromatic heterocycles. The van der Waals surface area contributed by atoms with Crippen LogP contribution in [0.2, 0.25) is 5.02 Å². The van der Waals surface area contributed by atoms with Gasteiger partial charge in [-0.3, -0.25) is 20.2 Å². The smallest absolute Gasteiger partial charge is 0.321 e. The minimum Gasteiger partial charge on any atom is -0.474 e. The lowest BCUT2D eigenvalue weighted by atomic mass is 10.1. The standard InChI is InChI=1S/C17H16ClN3O5/c1-2-19-17(23)20-16(22)15(11-6-4-3-5-7-11)26-14-9-8-12(21(24)25)10-13(14)18/h3-10,15H,2H2,1H3,(H2,19,20,22,23)/t15-/m0/s1. The second kappa shape index (κ2) is 8.82. The van der Waals surface area contributed by atoms with Crippen molar-refractivity contribution in [1.29, 1.82) is 0 Å². The summed E-state index contributed by atoms with van der Waals surface area (Å²) in [6.07, 6.45) is -1.17. The highest BCUT2D eigenvalue weighted by Gasteiger charge is 2.25. The fourth-order valence-electron chi connectivity index (χ4n) is 2.11. The molecule has 2 rings (SSSR count). The van der Waals surface area contributed by atoms with Crippen LogP contribution in [0.15, 0.2) is 48.5 Å². The Morgan fingerprint density at radius 1 is 1.23 bits per heavy atom. The van der Waals surface area contributed by atoms with Crippen LogP contribution in [0.1, 0.15) is 18.6 Å². The van der Waals surface area contributed by atoms with Gasteiger partial charge in [0.25, 0.3) is 11.6 Å². The number of benzene rings is 2. The largest absolute Gasteiger partial charge is 0.474 e. The SMILES string of the molecule is CCNC(=O)NC(=O)[C@@H](Oc1ccc([N+](=O)[O-])cc1Cl)c1ccccc1. The molecular formula is C17H16ClN3O5. The first kappa shape index (κ1) is 19.2. The lowest BCUT2D eigenvalue weighted by molar-refractivity contribution is -0.384. The highest BCUT2D eigenvalue weighted by molar-refractivity contribution is 6.32. The van der Waals surface area contributed by atoms with Crippen molar-refractivity contribution in [1.82, 2.24) is 10.6 Å². The second-order valence-electron chi connectivity index (χ2n) is 5.13. The number of carbonyl (C=O) groups is 2. The average Bonchev–Trinajstić information content (AvgIpc) is 2.61. The molecule has 1 atom stereocenters. The van der Waals surface area contributed by atoms with Crippen molar-refractivity contribution in [2.45, 2.75) is 13.0 Å². The Kier molecular flexibility index (Phi) is 6.51. The zero-order valence-electron chi connectivity index (χ0n) is 13.8. The van der Waals surface area contributed by atoms with Crippen molar-refractivity contribution in [3.05, 3.63) is 69.2 Å². The molecule has 0 saturated carbocycles. The van der Waals surface area contributed by atoms with E-state index in [1.54, 1.807) is 37.3 Å². The molecule has 0 aliphatic rings. The van der Waals surface area contributed by atoms with Crippen LogP contribution in [-0.2, 0) is 4.79 Å². The molecule has 0 heterocycles. The molecule has 0 aliphatic heterocycles. The number of hydrogen-bond acceptors (Lipinski definition) is 5. The van der Waals surface area contributed by atoms with Crippen LogP contribution < -0.4 is 15.4 Å². The van der Waals surface area contributed by atoms with E-state index in [1.165, 1.54) is 12.1 Å². The van der Waals surface area contributed by atoms with Crippen LogP contribution in [0.3, 0.4) is 0 Å². The van der Waals surface area contributed by atoms with E-state index in [2.05, 4.69) is 10.6 Å². The van der Waals surface area contributed by atoms with E-state index >= 15 is 0 Å². The Morgan fingerprint density at radius 3 is 2.50 bits per heavy atom. The highest BCUT2D eigenvalue weighted by Crippen LogP contribution is 2.32. The molecule has 2 aromatic carbocycles. The van der Waals surface area contributed by atoms with Crippen molar-refractivity contribution in [2.75, 3.05) is 6.54 Å². The van der Waals surface area contributed by atoms with Gasteiger partial charge in [0.1, 0.15) is 5.75 Å². The minimum absolute atomic E-state index is 0.0223. The van der Waals surface area contributed by atoms with E-state index in [4.69, 9.17) is 16.3 Å². The average molecular weight is 378 g/mol. The fourth-order valence-corrected chi connectivity index (χ4v) is 2.33. The van der Waals surface area contributed by atoms with E-state index in [9.17, 15) is 19.7 Å². The maximum Gasteiger partial charge on any atom is 0.321 e. The summed E-state index contributed by atoms with van der Waals surface area (Å²) in [6, 6.07) is 11.5. The van der Waals surface area contributed by atoms with E-state index in [0.717, 1.165) is 6.07 Å². The third kappa shape index (κ3) is 4.93. The summed E-state index contributed by atoms with van der Waals surface area (Å²) in [5.74, 6) is -0.617. The molecule has 2 aromatic rings. The van der Waals surface area contributed by atoms with E-state index in [-0.39, 0.29) is 16.5 Å². The minimum atomic E-state index is -1.17. The Morgan fingerprint density at radius 2 is 1.92 bits per heavy atom. The van der Waals surface area contributed by atoms with Gasteiger partial charge in [-0.25, -0.2) is 4.79 Å². The molecule has 9 heteroatoms. The number of imide groups is 1. The van der Waals surface area contributed by atoms with Crippen LogP contribution in [0, 0.1) is 10.1 Å². The summed E-state index contributed by atoms with van der Waals surface area (Å²) in [5.41, 5.74) is 0.286. The zero-order chi connectivity index (χ0) is 19.1. The zero-order valence-corrected chi connectivity index (χ0v) is 14.5. The number of halogens is 1. The fraction of sp³-hybridized carbons (Fsp3) is 0.176. The molecule has 3 amide bonds. The van der Waals surface area contributed by atoms with Gasteiger partial charge in [0.15, 0.2) is 0 Å². The molecule has 0 radical (unpaired) electrons. The summed E-state index contributed by atoms with van der Waals surface area (Å²) in [5, 5.41) is 15.4. The van der Waals surface area contributed by atoms with Crippen LogP contribution >= 0.6 is 11.6 Å². The number of rotatable bonds is 6. The molecule has 0 bridgehead atoms. The van der Waals surface area contributed by atoms with Crippen molar-refractivity contribution in [3.8, 4) is 5.75 Å². The number of nitro benzene ring substituents is 1. The molecule has 0 spiro atoms. The van der Waals surface area contributed by atoms with Gasteiger partial charge in [-0.1, -0.05) is 41.9 Å². The maximum atomic E-state index is 12.5. The van der Waals surface area contributed by atoms with Crippen LogP contribution in [-0.4, -0.2) is 23.4 Å². The van der Waals surface area contributed by atoms with Crippen LogP contribution in [0.25, 0.3) is 0 Å².